The Balaban J connectivity index is 0.00000162. The van der Waals surface area contributed by atoms with Gasteiger partial charge in [-0.3, -0.25) is 4.90 Å². The second-order valence-corrected chi connectivity index (χ2v) is 7.36. The Morgan fingerprint density at radius 3 is 2.72 bits per heavy atom. The molecule has 0 aromatic rings. The molecule has 1 N–H and O–H groups in total. The molecule has 7 heteroatoms. The van der Waals surface area contributed by atoms with E-state index in [2.05, 4.69) is 43.1 Å². The van der Waals surface area contributed by atoms with Crippen molar-refractivity contribution in [3.8, 4) is 0 Å². The van der Waals surface area contributed by atoms with E-state index in [1.54, 1.807) is 0 Å². The third kappa shape index (κ3) is 4.03. The minimum atomic E-state index is 0. The summed E-state index contributed by atoms with van der Waals surface area (Å²) in [7, 11) is 7.83. The van der Waals surface area contributed by atoms with Gasteiger partial charge in [0, 0.05) is 25.7 Å². The predicted molar refractivity (Wildman–Crippen MR) is 88.6 cm³/mol. The molecule has 1 saturated heterocycles. The molecule has 0 aliphatic carbocycles. The van der Waals surface area contributed by atoms with E-state index in [1.807, 2.05) is 21.6 Å². The van der Waals surface area contributed by atoms with Crippen LogP contribution in [0.5, 0.6) is 0 Å². The van der Waals surface area contributed by atoms with Gasteiger partial charge in [-0.05, 0) is 41.6 Å². The van der Waals surface area contributed by atoms with Crippen LogP contribution in [0.2, 0.25) is 0 Å². The van der Waals surface area contributed by atoms with Crippen molar-refractivity contribution in [1.82, 2.24) is 15.1 Å². The first kappa shape index (κ1) is 16.6. The second-order valence-electron chi connectivity index (χ2n) is 5.13. The zero-order valence-electron chi connectivity index (χ0n) is 11.4. The van der Waals surface area contributed by atoms with E-state index < -0.39 is 0 Å². The minimum absolute atomic E-state index is 0. The molecule has 106 valence electrons. The van der Waals surface area contributed by atoms with Crippen LogP contribution in [0.4, 0.5) is 0 Å². The zero-order valence-corrected chi connectivity index (χ0v) is 14.8. The van der Waals surface area contributed by atoms with Gasteiger partial charge in [0.05, 0.1) is 0 Å². The predicted octanol–water partition coefficient (Wildman–Crippen LogP) is 2.09. The van der Waals surface area contributed by atoms with E-state index in [-0.39, 0.29) is 22.5 Å². The van der Waals surface area contributed by atoms with E-state index in [9.17, 15) is 0 Å². The Morgan fingerprint density at radius 2 is 2.17 bits per heavy atom. The molecule has 0 aromatic heterocycles. The van der Waals surface area contributed by atoms with Crippen LogP contribution in [0, 0.1) is 5.92 Å². The molecular formula is C11H23BrN4S2. The molecule has 18 heavy (non-hydrogen) atoms. The first-order chi connectivity index (χ1) is 8.08. The summed E-state index contributed by atoms with van der Waals surface area (Å²) >= 11 is 0. The number of nitrogens with one attached hydrogen (secondary N) is 1. The highest BCUT2D eigenvalue weighted by Gasteiger charge is 2.29. The standard InChI is InChI=1S/C11H22N4S2.BrH/c1-8(2)9-7-15(6-5-12-9)11-13-10(14(3)4)16-17-11;/h8-10,12H,5-7H2,1-4H3;1H. The van der Waals surface area contributed by atoms with Crippen LogP contribution < -0.4 is 5.32 Å². The molecule has 0 spiro atoms. The van der Waals surface area contributed by atoms with Crippen LogP contribution in [0.15, 0.2) is 4.99 Å². The smallest absolute Gasteiger partial charge is 0.172 e. The normalized spacial score (nSPS) is 28.6. The van der Waals surface area contributed by atoms with Crippen molar-refractivity contribution in [2.24, 2.45) is 10.9 Å². The second kappa shape index (κ2) is 7.38. The van der Waals surface area contributed by atoms with Crippen LogP contribution in [0.25, 0.3) is 0 Å². The number of nitrogens with zero attached hydrogens (tertiary/aromatic N) is 3. The van der Waals surface area contributed by atoms with Gasteiger partial charge in [-0.2, -0.15) is 0 Å². The zero-order chi connectivity index (χ0) is 12.4. The molecule has 0 bridgehead atoms. The number of rotatable bonds is 2. The average molecular weight is 355 g/mol. The van der Waals surface area contributed by atoms with Crippen molar-refractivity contribution >= 4 is 43.7 Å². The third-order valence-electron chi connectivity index (χ3n) is 3.15. The lowest BCUT2D eigenvalue weighted by Crippen LogP contribution is -2.53. The first-order valence-corrected chi connectivity index (χ1v) is 8.35. The molecule has 4 nitrogen and oxygen atoms in total. The van der Waals surface area contributed by atoms with Crippen molar-refractivity contribution in [2.75, 3.05) is 33.7 Å². The Hall–Kier alpha value is 0.570. The first-order valence-electron chi connectivity index (χ1n) is 6.14. The van der Waals surface area contributed by atoms with Gasteiger partial charge in [-0.1, -0.05) is 13.8 Å². The monoisotopic (exact) mass is 354 g/mol. The Morgan fingerprint density at radius 1 is 1.44 bits per heavy atom. The van der Waals surface area contributed by atoms with Crippen LogP contribution in [0.1, 0.15) is 13.8 Å². The number of aliphatic imine (C=N–C) groups is 1. The van der Waals surface area contributed by atoms with Crippen LogP contribution in [-0.4, -0.2) is 60.2 Å². The third-order valence-corrected chi connectivity index (χ3v) is 5.71. The van der Waals surface area contributed by atoms with Gasteiger partial charge in [-0.15, -0.1) is 17.0 Å². The van der Waals surface area contributed by atoms with Gasteiger partial charge >= 0.3 is 0 Å². The maximum Gasteiger partial charge on any atom is 0.172 e. The SMILES string of the molecule is Br.CC(C)C1CN(C2=NC(N(C)C)SS2)CCN1. The molecule has 0 amide bonds. The molecule has 2 unspecified atom stereocenters. The molecule has 2 atom stereocenters. The van der Waals surface area contributed by atoms with Crippen molar-refractivity contribution in [2.45, 2.75) is 25.4 Å². The lowest BCUT2D eigenvalue weighted by Gasteiger charge is -2.36. The molecule has 1 fully saturated rings. The van der Waals surface area contributed by atoms with Crippen molar-refractivity contribution in [1.29, 1.82) is 0 Å². The van der Waals surface area contributed by atoms with Crippen LogP contribution >= 0.6 is 38.6 Å². The molecular weight excluding hydrogens is 332 g/mol. The number of halogens is 1. The Labute approximate surface area is 129 Å². The summed E-state index contributed by atoms with van der Waals surface area (Å²) in [4.78, 5) is 9.36. The van der Waals surface area contributed by atoms with E-state index >= 15 is 0 Å². The molecule has 0 radical (unpaired) electrons. The summed E-state index contributed by atoms with van der Waals surface area (Å²) < 4.78 is 0. The Kier molecular flexibility index (Phi) is 6.81. The van der Waals surface area contributed by atoms with Crippen molar-refractivity contribution in [3.63, 3.8) is 0 Å². The van der Waals surface area contributed by atoms with Gasteiger partial charge in [0.2, 0.25) is 0 Å². The Bertz CT molecular complexity index is 299. The van der Waals surface area contributed by atoms with Gasteiger partial charge in [-0.25, -0.2) is 4.99 Å². The number of piperazine rings is 1. The molecule has 2 heterocycles. The lowest BCUT2D eigenvalue weighted by atomic mass is 10.0. The fourth-order valence-corrected chi connectivity index (χ4v) is 4.53. The molecule has 2 rings (SSSR count). The maximum atomic E-state index is 4.77. The quantitative estimate of drug-likeness (QED) is 0.767. The van der Waals surface area contributed by atoms with Gasteiger partial charge in [0.1, 0.15) is 0 Å². The highest BCUT2D eigenvalue weighted by atomic mass is 79.9. The van der Waals surface area contributed by atoms with Gasteiger partial charge < -0.3 is 10.2 Å². The van der Waals surface area contributed by atoms with E-state index in [0.29, 0.717) is 12.0 Å². The molecule has 0 saturated carbocycles. The van der Waals surface area contributed by atoms with E-state index in [4.69, 9.17) is 4.99 Å². The van der Waals surface area contributed by atoms with Crippen LogP contribution in [0.3, 0.4) is 0 Å². The molecule has 2 aliphatic heterocycles. The average Bonchev–Trinajstić information content (AvgIpc) is 2.78. The number of hydrogen-bond donors (Lipinski definition) is 1. The maximum absolute atomic E-state index is 4.77. The number of hydrogen-bond acceptors (Lipinski definition) is 6. The summed E-state index contributed by atoms with van der Waals surface area (Å²) in [6, 6.07) is 0.593. The summed E-state index contributed by atoms with van der Waals surface area (Å²) in [6.07, 6.45) is 0. The van der Waals surface area contributed by atoms with Crippen molar-refractivity contribution < 1.29 is 0 Å². The summed E-state index contributed by atoms with van der Waals surface area (Å²) in [6.45, 7) is 7.80. The highest BCUT2D eigenvalue weighted by molar-refractivity contribution is 8.93. The fraction of sp³-hybridized carbons (Fsp3) is 0.909. The summed E-state index contributed by atoms with van der Waals surface area (Å²) in [5, 5.41) is 4.79. The number of amidine groups is 1. The minimum Gasteiger partial charge on any atom is -0.348 e. The topological polar surface area (TPSA) is 30.9 Å². The largest absolute Gasteiger partial charge is 0.348 e. The van der Waals surface area contributed by atoms with Gasteiger partial charge in [0.25, 0.3) is 0 Å². The van der Waals surface area contributed by atoms with Crippen LogP contribution in [-0.2, 0) is 0 Å². The molecule has 0 aromatic carbocycles. The van der Waals surface area contributed by atoms with E-state index in [1.165, 1.54) is 5.17 Å². The molecule has 2 aliphatic rings. The fourth-order valence-electron chi connectivity index (χ4n) is 1.96. The van der Waals surface area contributed by atoms with Crippen molar-refractivity contribution in [3.05, 3.63) is 0 Å². The lowest BCUT2D eigenvalue weighted by molar-refractivity contribution is 0.251. The summed E-state index contributed by atoms with van der Waals surface area (Å²) in [5.41, 5.74) is 0.280. The van der Waals surface area contributed by atoms with Gasteiger partial charge in [0.15, 0.2) is 10.7 Å². The summed E-state index contributed by atoms with van der Waals surface area (Å²) in [5.74, 6) is 0.683. The highest BCUT2D eigenvalue weighted by Crippen LogP contribution is 2.38. The van der Waals surface area contributed by atoms with E-state index in [0.717, 1.165) is 19.6 Å².